The van der Waals surface area contributed by atoms with Crippen LogP contribution in [0, 0.1) is 11.6 Å². The molecule has 0 spiro atoms. The lowest BCUT2D eigenvalue weighted by Crippen LogP contribution is -2.62. The molecular weight excluding hydrogens is 370 g/mol. The Kier molecular flexibility index (Phi) is 6.25. The molecule has 1 aromatic rings. The highest BCUT2D eigenvalue weighted by atomic mass is 19.3. The number of hydrogen-bond donors (Lipinski definition) is 0. The minimum atomic E-state index is -2.76. The van der Waals surface area contributed by atoms with E-state index in [4.69, 9.17) is 0 Å². The van der Waals surface area contributed by atoms with Crippen molar-refractivity contribution in [3.8, 4) is 0 Å². The Hall–Kier alpha value is -1.34. The summed E-state index contributed by atoms with van der Waals surface area (Å²) in [6, 6.07) is 2.56. The van der Waals surface area contributed by atoms with E-state index >= 15 is 0 Å². The molecule has 1 unspecified atom stereocenters. The largest absolute Gasteiger partial charge is 0.367 e. The van der Waals surface area contributed by atoms with Gasteiger partial charge in [-0.25, -0.2) is 17.6 Å². The van der Waals surface area contributed by atoms with Gasteiger partial charge in [0.15, 0.2) is 11.6 Å². The molecule has 0 saturated carbocycles. The molecule has 7 heteroatoms. The molecule has 3 nitrogen and oxygen atoms in total. The number of alkyl halides is 2. The fourth-order valence-electron chi connectivity index (χ4n) is 4.36. The molecule has 0 aromatic heterocycles. The van der Waals surface area contributed by atoms with Gasteiger partial charge in [-0.15, -0.1) is 0 Å². The Labute approximate surface area is 165 Å². The second-order valence-corrected chi connectivity index (χ2v) is 8.61. The van der Waals surface area contributed by atoms with Crippen LogP contribution in [-0.4, -0.2) is 67.1 Å². The highest BCUT2D eigenvalue weighted by Gasteiger charge is 2.48. The van der Waals surface area contributed by atoms with E-state index in [-0.39, 0.29) is 24.2 Å². The normalized spacial score (nSPS) is 24.4. The molecule has 3 rings (SSSR count). The first-order valence-electron chi connectivity index (χ1n) is 10.2. The first kappa shape index (κ1) is 21.4. The van der Waals surface area contributed by atoms with Crippen molar-refractivity contribution in [2.24, 2.45) is 0 Å². The van der Waals surface area contributed by atoms with E-state index in [9.17, 15) is 17.6 Å². The lowest BCUT2D eigenvalue weighted by atomic mass is 9.97. The molecule has 2 fully saturated rings. The van der Waals surface area contributed by atoms with E-state index in [1.165, 1.54) is 0 Å². The molecule has 158 valence electrons. The highest BCUT2D eigenvalue weighted by molar-refractivity contribution is 5.50. The van der Waals surface area contributed by atoms with Crippen molar-refractivity contribution in [3.05, 3.63) is 29.3 Å². The number of likely N-dealkylation sites (tertiary alicyclic amines) is 1. The Morgan fingerprint density at radius 1 is 0.929 bits per heavy atom. The number of piperazine rings is 1. The zero-order valence-corrected chi connectivity index (χ0v) is 17.2. The molecule has 2 heterocycles. The van der Waals surface area contributed by atoms with Crippen molar-refractivity contribution in [2.45, 2.75) is 58.0 Å². The van der Waals surface area contributed by atoms with Crippen LogP contribution >= 0.6 is 0 Å². The minimum absolute atomic E-state index is 0.0978. The molecule has 2 aliphatic heterocycles. The van der Waals surface area contributed by atoms with E-state index in [0.717, 1.165) is 0 Å². The van der Waals surface area contributed by atoms with Gasteiger partial charge in [-0.3, -0.25) is 9.80 Å². The Morgan fingerprint density at radius 2 is 1.57 bits per heavy atom. The first-order valence-corrected chi connectivity index (χ1v) is 10.2. The average Bonchev–Trinajstić information content (AvgIpc) is 2.63. The van der Waals surface area contributed by atoms with Gasteiger partial charge in [0.05, 0.1) is 18.3 Å². The lowest BCUT2D eigenvalue weighted by molar-refractivity contribution is -0.133. The number of piperidine rings is 1. The van der Waals surface area contributed by atoms with Crippen molar-refractivity contribution in [1.82, 2.24) is 9.80 Å². The van der Waals surface area contributed by atoms with Crippen molar-refractivity contribution >= 4 is 5.69 Å². The molecular formula is C21H31F4N3. The van der Waals surface area contributed by atoms with Gasteiger partial charge in [0.2, 0.25) is 0 Å². The summed E-state index contributed by atoms with van der Waals surface area (Å²) in [6.07, 6.45) is 0.428. The van der Waals surface area contributed by atoms with Crippen LogP contribution in [0.5, 0.6) is 0 Å². The van der Waals surface area contributed by atoms with Crippen LogP contribution in [0.3, 0.4) is 0 Å². The van der Waals surface area contributed by atoms with Crippen molar-refractivity contribution in [3.63, 3.8) is 0 Å². The Bertz CT molecular complexity index is 684. The second-order valence-electron chi connectivity index (χ2n) is 8.61. The maximum Gasteiger partial charge on any atom is 0.275 e. The number of hydrogen-bond acceptors (Lipinski definition) is 3. The van der Waals surface area contributed by atoms with Crippen LogP contribution in [0.4, 0.5) is 23.2 Å². The molecule has 1 atom stereocenters. The smallest absolute Gasteiger partial charge is 0.275 e. The molecule has 0 bridgehead atoms. The highest BCUT2D eigenvalue weighted by Crippen LogP contribution is 2.34. The molecule has 0 N–H and O–H groups in total. The predicted octanol–water partition coefficient (Wildman–Crippen LogP) is 4.33. The van der Waals surface area contributed by atoms with E-state index in [1.54, 1.807) is 17.0 Å². The van der Waals surface area contributed by atoms with E-state index < -0.39 is 23.6 Å². The van der Waals surface area contributed by atoms with E-state index in [2.05, 4.69) is 0 Å². The van der Waals surface area contributed by atoms with Gasteiger partial charge in [0.1, 0.15) is 0 Å². The van der Waals surface area contributed by atoms with Gasteiger partial charge in [0.25, 0.3) is 5.92 Å². The van der Waals surface area contributed by atoms with Crippen molar-refractivity contribution in [2.75, 3.05) is 44.2 Å². The number of halogens is 4. The second kappa shape index (κ2) is 8.19. The predicted molar refractivity (Wildman–Crippen MR) is 104 cm³/mol. The lowest BCUT2D eigenvalue weighted by Gasteiger charge is -2.47. The van der Waals surface area contributed by atoms with Crippen LogP contribution < -0.4 is 4.90 Å². The van der Waals surface area contributed by atoms with Gasteiger partial charge in [-0.1, -0.05) is 19.9 Å². The number of rotatable bonds is 4. The summed E-state index contributed by atoms with van der Waals surface area (Å²) in [5.41, 5.74) is 0.583. The summed E-state index contributed by atoms with van der Waals surface area (Å²) < 4.78 is 58.3. The molecule has 1 aromatic carbocycles. The topological polar surface area (TPSA) is 9.72 Å². The summed E-state index contributed by atoms with van der Waals surface area (Å²) in [4.78, 5) is 5.41. The van der Waals surface area contributed by atoms with Crippen LogP contribution in [0.25, 0.3) is 0 Å². The van der Waals surface area contributed by atoms with E-state index in [0.29, 0.717) is 44.7 Å². The third-order valence-electron chi connectivity index (χ3n) is 6.13. The maximum atomic E-state index is 14.7. The monoisotopic (exact) mass is 401 g/mol. The van der Waals surface area contributed by atoms with Crippen LogP contribution in [0.1, 0.15) is 45.6 Å². The number of anilines is 1. The summed E-state index contributed by atoms with van der Waals surface area (Å²) in [7, 11) is 0. The zero-order valence-electron chi connectivity index (χ0n) is 17.2. The van der Waals surface area contributed by atoms with Gasteiger partial charge in [0, 0.05) is 38.8 Å². The Balaban J connectivity index is 1.66. The average molecular weight is 401 g/mol. The molecule has 2 saturated heterocycles. The van der Waals surface area contributed by atoms with Gasteiger partial charge >= 0.3 is 0 Å². The Morgan fingerprint density at radius 3 is 2.11 bits per heavy atom. The summed E-state index contributed by atoms with van der Waals surface area (Å²) in [6.45, 7) is 9.64. The molecule has 0 radical (unpaired) electrons. The van der Waals surface area contributed by atoms with Crippen molar-refractivity contribution in [1.29, 1.82) is 0 Å². The zero-order chi connectivity index (χ0) is 20.6. The molecule has 28 heavy (non-hydrogen) atoms. The fraction of sp³-hybridized carbons (Fsp3) is 0.714. The number of benzene rings is 1. The summed E-state index contributed by atoms with van der Waals surface area (Å²) in [5.74, 6) is -4.50. The van der Waals surface area contributed by atoms with Gasteiger partial charge < -0.3 is 4.90 Å². The summed E-state index contributed by atoms with van der Waals surface area (Å²) >= 11 is 0. The minimum Gasteiger partial charge on any atom is -0.367 e. The molecule has 0 aliphatic carbocycles. The van der Waals surface area contributed by atoms with E-state index in [1.807, 2.05) is 37.5 Å². The van der Waals surface area contributed by atoms with Gasteiger partial charge in [-0.2, -0.15) is 0 Å². The van der Waals surface area contributed by atoms with Crippen LogP contribution in [-0.2, 0) is 0 Å². The van der Waals surface area contributed by atoms with Crippen molar-refractivity contribution < 1.29 is 17.6 Å². The SMILES string of the molecule is CC(C)c1ccc(N2CCN(C3CCN(C(C)C)CC3(F)F)CC2)c(F)c1F. The first-order chi connectivity index (χ1) is 13.1. The number of nitrogens with zero attached hydrogens (tertiary/aromatic N) is 3. The van der Waals surface area contributed by atoms with Crippen LogP contribution in [0.15, 0.2) is 12.1 Å². The quantitative estimate of drug-likeness (QED) is 0.696. The third kappa shape index (κ3) is 4.15. The van der Waals surface area contributed by atoms with Gasteiger partial charge in [-0.05, 0) is 37.8 Å². The molecule has 2 aliphatic rings. The standard InChI is InChI=1S/C21H31F4N3/c1-14(2)16-5-6-17(20(23)19(16)22)26-9-11-27(12-10-26)18-7-8-28(15(3)4)13-21(18,24)25/h5-6,14-15,18H,7-13H2,1-4H3. The van der Waals surface area contributed by atoms with Crippen LogP contribution in [0.2, 0.25) is 0 Å². The third-order valence-corrected chi connectivity index (χ3v) is 6.13. The maximum absolute atomic E-state index is 14.7. The molecule has 0 amide bonds. The summed E-state index contributed by atoms with van der Waals surface area (Å²) in [5, 5.41) is 0. The fourth-order valence-corrected chi connectivity index (χ4v) is 4.36.